The van der Waals surface area contributed by atoms with E-state index in [0.717, 1.165) is 43.7 Å². The number of benzene rings is 2. The lowest BCUT2D eigenvalue weighted by molar-refractivity contribution is 0.604. The molecule has 0 fully saturated rings. The molecule has 0 bridgehead atoms. The van der Waals surface area contributed by atoms with Gasteiger partial charge in [-0.15, -0.1) is 0 Å². The van der Waals surface area contributed by atoms with Crippen molar-refractivity contribution in [2.75, 3.05) is 0 Å². The van der Waals surface area contributed by atoms with Crippen LogP contribution in [-0.4, -0.2) is 9.97 Å². The van der Waals surface area contributed by atoms with Gasteiger partial charge in [0.1, 0.15) is 11.2 Å². The van der Waals surface area contributed by atoms with Gasteiger partial charge in [-0.2, -0.15) is 0 Å². The molecule has 0 N–H and O–H groups in total. The molecule has 0 saturated carbocycles. The second kappa shape index (κ2) is 6.01. The maximum absolute atomic E-state index is 5.35. The summed E-state index contributed by atoms with van der Waals surface area (Å²) in [7, 11) is 0. The Hall–Kier alpha value is -3.66. The Labute approximate surface area is 148 Å². The van der Waals surface area contributed by atoms with Crippen molar-refractivity contribution >= 4 is 43.7 Å². The number of aromatic nitrogens is 2. The van der Waals surface area contributed by atoms with Crippen molar-refractivity contribution in [3.05, 3.63) is 85.6 Å². The fourth-order valence-corrected chi connectivity index (χ4v) is 3.18. The topological polar surface area (TPSA) is 52.1 Å². The van der Waals surface area contributed by atoms with Gasteiger partial charge in [-0.1, -0.05) is 0 Å². The molecular formula is C22H14N2O2. The Morgan fingerprint density at radius 2 is 1.04 bits per heavy atom. The Bertz CT molecular complexity index is 1240. The second-order valence-corrected chi connectivity index (χ2v) is 5.95. The highest BCUT2D eigenvalue weighted by Gasteiger charge is 2.02. The molecule has 0 amide bonds. The van der Waals surface area contributed by atoms with E-state index < -0.39 is 0 Å². The minimum absolute atomic E-state index is 0.883. The summed E-state index contributed by atoms with van der Waals surface area (Å²) in [5, 5.41) is 4.47. The first-order chi connectivity index (χ1) is 12.9. The van der Waals surface area contributed by atoms with E-state index in [9.17, 15) is 0 Å². The highest BCUT2D eigenvalue weighted by molar-refractivity contribution is 6.03. The molecule has 26 heavy (non-hydrogen) atoms. The second-order valence-electron chi connectivity index (χ2n) is 5.95. The van der Waals surface area contributed by atoms with Gasteiger partial charge in [-0.25, -0.2) is 0 Å². The van der Waals surface area contributed by atoms with E-state index in [2.05, 4.69) is 9.97 Å². The minimum atomic E-state index is 0.883. The van der Waals surface area contributed by atoms with E-state index in [4.69, 9.17) is 8.83 Å². The van der Waals surface area contributed by atoms with Crippen LogP contribution in [0.25, 0.3) is 43.7 Å². The van der Waals surface area contributed by atoms with Gasteiger partial charge in [-0.3, -0.25) is 9.97 Å². The molecule has 6 aromatic rings. The lowest BCUT2D eigenvalue weighted by Crippen LogP contribution is -1.73. The van der Waals surface area contributed by atoms with Gasteiger partial charge in [0.05, 0.1) is 23.6 Å². The van der Waals surface area contributed by atoms with Crippen LogP contribution in [0.1, 0.15) is 0 Å². The highest BCUT2D eigenvalue weighted by Crippen LogP contribution is 2.24. The van der Waals surface area contributed by atoms with Gasteiger partial charge in [-0.05, 0) is 60.7 Å². The van der Waals surface area contributed by atoms with Gasteiger partial charge >= 0.3 is 0 Å². The average molecular weight is 338 g/mol. The first-order valence-corrected chi connectivity index (χ1v) is 8.32. The number of nitrogens with zero attached hydrogens (tertiary/aromatic N) is 2. The van der Waals surface area contributed by atoms with Crippen molar-refractivity contribution in [2.24, 2.45) is 0 Å². The zero-order valence-corrected chi connectivity index (χ0v) is 13.8. The summed E-state index contributed by atoms with van der Waals surface area (Å²) < 4.78 is 10.7. The maximum Gasteiger partial charge on any atom is 0.135 e. The molecular weight excluding hydrogens is 324 g/mol. The fraction of sp³-hybridized carbons (Fsp3) is 0. The first kappa shape index (κ1) is 14.7. The van der Waals surface area contributed by atoms with E-state index in [1.807, 2.05) is 73.1 Å². The van der Waals surface area contributed by atoms with Crippen molar-refractivity contribution in [3.8, 4) is 0 Å². The zero-order chi connectivity index (χ0) is 17.3. The van der Waals surface area contributed by atoms with Gasteiger partial charge in [0.15, 0.2) is 0 Å². The summed E-state index contributed by atoms with van der Waals surface area (Å²) in [6, 6.07) is 19.8. The quantitative estimate of drug-likeness (QED) is 0.343. The normalized spacial score (nSPS) is 11.1. The van der Waals surface area contributed by atoms with Crippen LogP contribution < -0.4 is 0 Å². The number of fused-ring (bicyclic) bond motifs is 6. The predicted octanol–water partition coefficient (Wildman–Crippen LogP) is 5.96. The van der Waals surface area contributed by atoms with Crippen molar-refractivity contribution < 1.29 is 8.83 Å². The zero-order valence-electron chi connectivity index (χ0n) is 13.8. The van der Waals surface area contributed by atoms with Crippen molar-refractivity contribution in [1.29, 1.82) is 0 Å². The molecule has 0 atom stereocenters. The van der Waals surface area contributed by atoms with E-state index >= 15 is 0 Å². The summed E-state index contributed by atoms with van der Waals surface area (Å²) in [5.41, 5.74) is 3.80. The van der Waals surface area contributed by atoms with Crippen LogP contribution in [0.2, 0.25) is 0 Å². The summed E-state index contributed by atoms with van der Waals surface area (Å²) in [5.74, 6) is 0. The van der Waals surface area contributed by atoms with Gasteiger partial charge < -0.3 is 8.83 Å². The third kappa shape index (κ3) is 2.40. The number of hydrogen-bond acceptors (Lipinski definition) is 4. The van der Waals surface area contributed by atoms with Crippen LogP contribution in [0.4, 0.5) is 0 Å². The van der Waals surface area contributed by atoms with Crippen LogP contribution in [0, 0.1) is 0 Å². The summed E-state index contributed by atoms with van der Waals surface area (Å²) in [6.07, 6.45) is 6.99. The van der Waals surface area contributed by atoms with E-state index in [0.29, 0.717) is 0 Å². The molecule has 0 saturated heterocycles. The van der Waals surface area contributed by atoms with Gasteiger partial charge in [0.2, 0.25) is 0 Å². The van der Waals surface area contributed by atoms with Crippen molar-refractivity contribution in [1.82, 2.24) is 9.97 Å². The molecule has 0 aliphatic rings. The molecule has 4 nitrogen and oxygen atoms in total. The Balaban J connectivity index is 0.000000115. The molecule has 2 aromatic carbocycles. The van der Waals surface area contributed by atoms with Crippen LogP contribution in [-0.2, 0) is 0 Å². The monoisotopic (exact) mass is 338 g/mol. The molecule has 4 heterocycles. The van der Waals surface area contributed by atoms with Crippen LogP contribution >= 0.6 is 0 Å². The number of hydrogen-bond donors (Lipinski definition) is 0. The lowest BCUT2D eigenvalue weighted by atomic mass is 10.2. The fourth-order valence-electron chi connectivity index (χ4n) is 3.18. The Kier molecular flexibility index (Phi) is 3.39. The molecule has 0 aliphatic carbocycles. The van der Waals surface area contributed by atoms with E-state index in [1.165, 1.54) is 0 Å². The maximum atomic E-state index is 5.35. The summed E-state index contributed by atoms with van der Waals surface area (Å²) in [4.78, 5) is 8.57. The Morgan fingerprint density at radius 3 is 1.54 bits per heavy atom. The third-order valence-electron chi connectivity index (χ3n) is 4.40. The van der Waals surface area contributed by atoms with E-state index in [-0.39, 0.29) is 0 Å². The highest BCUT2D eigenvalue weighted by atomic mass is 16.3. The molecule has 4 heteroatoms. The number of rotatable bonds is 0. The molecule has 0 unspecified atom stereocenters. The van der Waals surface area contributed by atoms with E-state index in [1.54, 1.807) is 12.5 Å². The third-order valence-corrected chi connectivity index (χ3v) is 4.40. The first-order valence-electron chi connectivity index (χ1n) is 8.32. The van der Waals surface area contributed by atoms with Gasteiger partial charge in [0, 0.05) is 33.9 Å². The van der Waals surface area contributed by atoms with Crippen molar-refractivity contribution in [2.45, 2.75) is 0 Å². The smallest absolute Gasteiger partial charge is 0.135 e. The standard InChI is InChI=1S/2C11H7NO/c2*1-2-9-10(13-7-1)4-3-8-5-6-12-11(8)9/h2*1-7H. The van der Waals surface area contributed by atoms with Crippen molar-refractivity contribution in [3.63, 3.8) is 0 Å². The molecule has 0 aliphatic heterocycles. The Morgan fingerprint density at radius 1 is 0.538 bits per heavy atom. The minimum Gasteiger partial charge on any atom is -0.464 e. The SMILES string of the molecule is c1coc2ccc3ccnc3c2c1.c1coc2ccc3ccnc3c2c1. The van der Waals surface area contributed by atoms with Crippen LogP contribution in [0.5, 0.6) is 0 Å². The molecule has 0 spiro atoms. The molecule has 4 aromatic heterocycles. The molecule has 124 valence electrons. The summed E-state index contributed by atoms with van der Waals surface area (Å²) >= 11 is 0. The largest absolute Gasteiger partial charge is 0.464 e. The van der Waals surface area contributed by atoms with Crippen LogP contribution in [0.3, 0.4) is 0 Å². The molecule has 0 radical (unpaired) electrons. The predicted molar refractivity (Wildman–Crippen MR) is 103 cm³/mol. The van der Waals surface area contributed by atoms with Gasteiger partial charge in [0.25, 0.3) is 0 Å². The van der Waals surface area contributed by atoms with Crippen LogP contribution in [0.15, 0.2) is 94.4 Å². The molecule has 6 rings (SSSR count). The average Bonchev–Trinajstić information content (AvgIpc) is 3.38. The summed E-state index contributed by atoms with van der Waals surface area (Å²) in [6.45, 7) is 0. The lowest BCUT2D eigenvalue weighted by Gasteiger charge is -1.96.